The number of benzene rings is 2. The lowest BCUT2D eigenvalue weighted by molar-refractivity contribution is -0.137. The van der Waals surface area contributed by atoms with Gasteiger partial charge in [0.15, 0.2) is 0 Å². The molecule has 2 heterocycles. The fraction of sp³-hybridized carbons (Fsp3) is 0.0476. The molecule has 0 saturated heterocycles. The number of fused-ring (bicyclic) bond motifs is 1. The van der Waals surface area contributed by atoms with Crippen molar-refractivity contribution in [2.24, 2.45) is 0 Å². The highest BCUT2D eigenvalue weighted by Gasteiger charge is 2.42. The molecule has 0 aliphatic carbocycles. The van der Waals surface area contributed by atoms with Gasteiger partial charge < -0.3 is 0 Å². The number of allylic oxidation sites excluding steroid dienone is 2. The highest BCUT2D eigenvalue weighted by atomic mass is 19.4. The predicted octanol–water partition coefficient (Wildman–Crippen LogP) is 3.91. The zero-order chi connectivity index (χ0) is 20.8. The van der Waals surface area contributed by atoms with Crippen molar-refractivity contribution in [2.75, 3.05) is 0 Å². The summed E-state index contributed by atoms with van der Waals surface area (Å²) >= 11 is 0. The molecule has 2 aromatic rings. The van der Waals surface area contributed by atoms with Crippen molar-refractivity contribution in [3.63, 3.8) is 0 Å². The summed E-state index contributed by atoms with van der Waals surface area (Å²) in [5.74, 6) is 0.117. The molecule has 0 radical (unpaired) electrons. The number of nitrogens with zero attached hydrogens (tertiary/aromatic N) is 2. The summed E-state index contributed by atoms with van der Waals surface area (Å²) in [5, 5.41) is 16.5. The van der Waals surface area contributed by atoms with Crippen LogP contribution in [0.25, 0.3) is 0 Å². The molecule has 4 rings (SSSR count). The summed E-state index contributed by atoms with van der Waals surface area (Å²) in [6, 6.07) is 10.3. The standard InChI is InChI=1S/C21H13F4N4/c22-14-8-5-12(6-9-14)18(26)19(27)13-7-10-17-28-20(29(17)11-13)15-3-1-2-4-16(15)21(23,24)25/h1-11,26-27H/q+1. The third-order valence-electron chi connectivity index (χ3n) is 4.52. The predicted molar refractivity (Wildman–Crippen MR) is 103 cm³/mol. The maximum absolute atomic E-state index is 13.3. The van der Waals surface area contributed by atoms with Gasteiger partial charge in [-0.15, -0.1) is 0 Å². The minimum absolute atomic E-state index is 0.0604. The molecule has 144 valence electrons. The van der Waals surface area contributed by atoms with Crippen LogP contribution in [0.5, 0.6) is 0 Å². The maximum Gasteiger partial charge on any atom is 0.417 e. The minimum atomic E-state index is -4.52. The van der Waals surface area contributed by atoms with Gasteiger partial charge in [-0.3, -0.25) is 10.8 Å². The third kappa shape index (κ3) is 3.30. The molecule has 0 unspecified atom stereocenters. The Bertz CT molecular complexity index is 1160. The van der Waals surface area contributed by atoms with Gasteiger partial charge in [0.05, 0.1) is 28.8 Å². The van der Waals surface area contributed by atoms with E-state index in [1.807, 2.05) is 0 Å². The lowest BCUT2D eigenvalue weighted by Gasteiger charge is -2.23. The molecule has 4 nitrogen and oxygen atoms in total. The van der Waals surface area contributed by atoms with Crippen LogP contribution in [0.4, 0.5) is 17.6 Å². The number of alkyl halides is 3. The summed E-state index contributed by atoms with van der Waals surface area (Å²) in [6.07, 6.45) is 0.0966. The van der Waals surface area contributed by atoms with Crippen LogP contribution in [0.1, 0.15) is 16.7 Å². The molecule has 0 fully saturated rings. The first-order valence-electron chi connectivity index (χ1n) is 8.51. The first-order valence-corrected chi connectivity index (χ1v) is 8.51. The molecule has 0 bridgehead atoms. The second kappa shape index (κ2) is 6.68. The van der Waals surface area contributed by atoms with Crippen LogP contribution in [0.2, 0.25) is 0 Å². The summed E-state index contributed by atoms with van der Waals surface area (Å²) < 4.78 is 57.2. The zero-order valence-corrected chi connectivity index (χ0v) is 14.8. The number of hydrogen-bond donors (Lipinski definition) is 2. The van der Waals surface area contributed by atoms with Crippen LogP contribution in [0.3, 0.4) is 0 Å². The monoisotopic (exact) mass is 397 g/mol. The van der Waals surface area contributed by atoms with Gasteiger partial charge in [0.25, 0.3) is 0 Å². The highest BCUT2D eigenvalue weighted by molar-refractivity contribution is 6.52. The van der Waals surface area contributed by atoms with Crippen molar-refractivity contribution in [3.8, 4) is 0 Å². The topological polar surface area (TPSA) is 65.0 Å². The van der Waals surface area contributed by atoms with Gasteiger partial charge >= 0.3 is 17.8 Å². The molecule has 8 heteroatoms. The first-order chi connectivity index (χ1) is 13.8. The molecule has 2 aliphatic heterocycles. The molecule has 0 amide bonds. The number of hydrogen-bond acceptors (Lipinski definition) is 3. The molecular weight excluding hydrogens is 384 g/mol. The van der Waals surface area contributed by atoms with Crippen molar-refractivity contribution in [2.45, 2.75) is 6.18 Å². The zero-order valence-electron chi connectivity index (χ0n) is 14.8. The average molecular weight is 397 g/mol. The van der Waals surface area contributed by atoms with Crippen molar-refractivity contribution >= 4 is 23.1 Å². The second-order valence-electron chi connectivity index (χ2n) is 6.38. The molecular formula is C21H13F4N4+. The molecule has 0 spiro atoms. The van der Waals surface area contributed by atoms with E-state index >= 15 is 0 Å². The molecule has 29 heavy (non-hydrogen) atoms. The maximum atomic E-state index is 13.3. The molecule has 0 aromatic heterocycles. The number of nitrogens with one attached hydrogen (secondary N) is 2. The summed E-state index contributed by atoms with van der Waals surface area (Å²) in [5.41, 5.74) is -0.423. The number of amidine groups is 2. The van der Waals surface area contributed by atoms with Crippen LogP contribution in [0, 0.1) is 16.6 Å². The Balaban J connectivity index is 1.64. The van der Waals surface area contributed by atoms with Crippen molar-refractivity contribution in [1.29, 1.82) is 10.8 Å². The van der Waals surface area contributed by atoms with Crippen LogP contribution < -0.4 is 4.67 Å². The van der Waals surface area contributed by atoms with Gasteiger partial charge in [0, 0.05) is 17.2 Å². The Hall–Kier alpha value is -3.77. The van der Waals surface area contributed by atoms with E-state index < -0.39 is 17.6 Å². The number of rotatable bonds is 4. The second-order valence-corrected chi connectivity index (χ2v) is 6.38. The van der Waals surface area contributed by atoms with Crippen LogP contribution in [-0.4, -0.2) is 28.0 Å². The third-order valence-corrected chi connectivity index (χ3v) is 4.52. The average Bonchev–Trinajstić information content (AvgIpc) is 2.68. The Morgan fingerprint density at radius 1 is 0.897 bits per heavy atom. The quantitative estimate of drug-likeness (QED) is 0.459. The normalized spacial score (nSPS) is 15.0. The largest absolute Gasteiger partial charge is 0.417 e. The first kappa shape index (κ1) is 18.6. The van der Waals surface area contributed by atoms with Gasteiger partial charge in [-0.05, 0) is 42.5 Å². The summed E-state index contributed by atoms with van der Waals surface area (Å²) in [7, 11) is 0. The summed E-state index contributed by atoms with van der Waals surface area (Å²) in [6.45, 7) is 0. The van der Waals surface area contributed by atoms with Gasteiger partial charge in [-0.2, -0.15) is 18.1 Å². The molecule has 0 saturated carbocycles. The van der Waals surface area contributed by atoms with Gasteiger partial charge in [0.2, 0.25) is 0 Å². The minimum Gasteiger partial charge on any atom is -0.298 e. The SMILES string of the molecule is N=C(C(=N)c1ccc(F)cc1)C1=CN2C(=[N+]=C2c2ccccc2C(F)(F)F)C=C1. The lowest BCUT2D eigenvalue weighted by atomic mass is 9.97. The van der Waals surface area contributed by atoms with Gasteiger partial charge in [0.1, 0.15) is 5.82 Å². The highest BCUT2D eigenvalue weighted by Crippen LogP contribution is 2.33. The Morgan fingerprint density at radius 2 is 1.59 bits per heavy atom. The van der Waals surface area contributed by atoms with E-state index in [0.717, 1.165) is 6.07 Å². The van der Waals surface area contributed by atoms with E-state index in [2.05, 4.69) is 4.67 Å². The Labute approximate surface area is 162 Å². The van der Waals surface area contributed by atoms with E-state index in [0.29, 0.717) is 17.0 Å². The fourth-order valence-electron chi connectivity index (χ4n) is 3.04. The molecule has 0 atom stereocenters. The van der Waals surface area contributed by atoms with Crippen LogP contribution in [-0.2, 0) is 6.18 Å². The van der Waals surface area contributed by atoms with Crippen molar-refractivity contribution in [1.82, 2.24) is 9.57 Å². The van der Waals surface area contributed by atoms with Gasteiger partial charge in [-0.1, -0.05) is 12.1 Å². The molecule has 2 aliphatic rings. The van der Waals surface area contributed by atoms with Crippen LogP contribution >= 0.6 is 0 Å². The van der Waals surface area contributed by atoms with Crippen LogP contribution in [0.15, 0.2) is 72.5 Å². The Morgan fingerprint density at radius 3 is 2.28 bits per heavy atom. The fourth-order valence-corrected chi connectivity index (χ4v) is 3.04. The smallest absolute Gasteiger partial charge is 0.298 e. The van der Waals surface area contributed by atoms with E-state index in [-0.39, 0.29) is 22.8 Å². The van der Waals surface area contributed by atoms with E-state index in [1.165, 1.54) is 53.6 Å². The number of halogens is 4. The van der Waals surface area contributed by atoms with Crippen molar-refractivity contribution < 1.29 is 17.6 Å². The van der Waals surface area contributed by atoms with E-state index in [9.17, 15) is 17.6 Å². The Kier molecular flexibility index (Phi) is 4.28. The lowest BCUT2D eigenvalue weighted by Crippen LogP contribution is -2.46. The molecule has 2 aromatic carbocycles. The molecule has 2 N–H and O–H groups in total. The van der Waals surface area contributed by atoms with Crippen molar-refractivity contribution in [3.05, 3.63) is 95.0 Å². The van der Waals surface area contributed by atoms with Gasteiger partial charge in [-0.25, -0.2) is 9.06 Å². The van der Waals surface area contributed by atoms with E-state index in [4.69, 9.17) is 10.8 Å². The van der Waals surface area contributed by atoms with E-state index in [1.54, 1.807) is 12.2 Å². The summed E-state index contributed by atoms with van der Waals surface area (Å²) in [4.78, 5) is 1.46.